The molecule has 0 aromatic heterocycles. The first-order valence-corrected chi connectivity index (χ1v) is 9.86. The molecule has 1 fully saturated rings. The van der Waals surface area contributed by atoms with Crippen LogP contribution in [0.25, 0.3) is 0 Å². The molecule has 2 aromatic carbocycles. The maximum Gasteiger partial charge on any atom is 0.261 e. The van der Waals surface area contributed by atoms with Crippen LogP contribution in [0, 0.1) is 11.6 Å². The molecule has 1 unspecified atom stereocenters. The van der Waals surface area contributed by atoms with Crippen molar-refractivity contribution in [3.05, 3.63) is 59.7 Å². The van der Waals surface area contributed by atoms with Crippen LogP contribution < -0.4 is 10.0 Å². The summed E-state index contributed by atoms with van der Waals surface area (Å²) in [6.45, 7) is 4.00. The van der Waals surface area contributed by atoms with Crippen molar-refractivity contribution in [2.24, 2.45) is 0 Å². The number of piperazine rings is 1. The van der Waals surface area contributed by atoms with E-state index in [0.717, 1.165) is 25.2 Å². The molecule has 10 heteroatoms. The number of carbonyl (C=O) groups is 1. The molecule has 2 N–H and O–H groups in total. The van der Waals surface area contributed by atoms with Gasteiger partial charge in [-0.05, 0) is 49.4 Å². The minimum Gasteiger partial charge on any atom is -0.333 e. The van der Waals surface area contributed by atoms with Gasteiger partial charge in [0.2, 0.25) is 0 Å². The van der Waals surface area contributed by atoms with Crippen LogP contribution in [-0.2, 0) is 10.0 Å². The molecule has 0 saturated carbocycles. The van der Waals surface area contributed by atoms with E-state index >= 15 is 0 Å². The van der Waals surface area contributed by atoms with E-state index in [2.05, 4.69) is 10.0 Å². The van der Waals surface area contributed by atoms with Crippen LogP contribution in [0.15, 0.2) is 47.4 Å². The highest BCUT2D eigenvalue weighted by Gasteiger charge is 2.24. The first kappa shape index (κ1) is 22.1. The van der Waals surface area contributed by atoms with Gasteiger partial charge >= 0.3 is 0 Å². The SMILES string of the molecule is CC1CNCCN1C(=O)c1ccc(NS(=O)(=O)c2ccc(F)c(F)c2)cc1.Cl. The fraction of sp³-hybridized carbons (Fsp3) is 0.278. The summed E-state index contributed by atoms with van der Waals surface area (Å²) in [6.07, 6.45) is 0. The molecule has 6 nitrogen and oxygen atoms in total. The lowest BCUT2D eigenvalue weighted by atomic mass is 10.1. The third-order valence-corrected chi connectivity index (χ3v) is 5.73. The van der Waals surface area contributed by atoms with Gasteiger partial charge in [0.25, 0.3) is 15.9 Å². The van der Waals surface area contributed by atoms with Gasteiger partial charge in [-0.1, -0.05) is 0 Å². The Morgan fingerprint density at radius 1 is 1.14 bits per heavy atom. The summed E-state index contributed by atoms with van der Waals surface area (Å²) in [4.78, 5) is 13.9. The first-order valence-electron chi connectivity index (χ1n) is 8.37. The highest BCUT2D eigenvalue weighted by Crippen LogP contribution is 2.19. The molecular formula is C18H20ClF2N3O3S. The second-order valence-electron chi connectivity index (χ2n) is 6.31. The van der Waals surface area contributed by atoms with Gasteiger partial charge in [0.1, 0.15) is 0 Å². The number of hydrogen-bond acceptors (Lipinski definition) is 4. The second kappa shape index (κ2) is 8.85. The fourth-order valence-corrected chi connectivity index (χ4v) is 3.92. The predicted molar refractivity (Wildman–Crippen MR) is 104 cm³/mol. The number of rotatable bonds is 4. The maximum absolute atomic E-state index is 13.3. The highest BCUT2D eigenvalue weighted by molar-refractivity contribution is 7.92. The van der Waals surface area contributed by atoms with E-state index in [1.54, 1.807) is 4.90 Å². The van der Waals surface area contributed by atoms with E-state index in [-0.39, 0.29) is 30.0 Å². The van der Waals surface area contributed by atoms with Crippen molar-refractivity contribution in [3.8, 4) is 0 Å². The Labute approximate surface area is 168 Å². The second-order valence-corrected chi connectivity index (χ2v) is 7.99. The molecule has 0 spiro atoms. The van der Waals surface area contributed by atoms with E-state index in [0.29, 0.717) is 18.2 Å². The summed E-state index contributed by atoms with van der Waals surface area (Å²) in [7, 11) is -4.08. The fourth-order valence-electron chi connectivity index (χ4n) is 2.85. The molecule has 0 aliphatic carbocycles. The normalized spacial score (nSPS) is 17.0. The molecule has 1 heterocycles. The topological polar surface area (TPSA) is 78.5 Å². The molecule has 1 aliphatic heterocycles. The van der Waals surface area contributed by atoms with Crippen LogP contribution >= 0.6 is 12.4 Å². The molecular weight excluding hydrogens is 412 g/mol. The molecule has 28 heavy (non-hydrogen) atoms. The van der Waals surface area contributed by atoms with Gasteiger partial charge in [-0.3, -0.25) is 9.52 Å². The quantitative estimate of drug-likeness (QED) is 0.780. The van der Waals surface area contributed by atoms with E-state index < -0.39 is 26.6 Å². The van der Waals surface area contributed by atoms with Gasteiger partial charge in [0.05, 0.1) is 4.90 Å². The van der Waals surface area contributed by atoms with Crippen molar-refractivity contribution in [2.75, 3.05) is 24.4 Å². The zero-order chi connectivity index (χ0) is 19.6. The average Bonchev–Trinajstić information content (AvgIpc) is 2.64. The molecule has 2 aromatic rings. The van der Waals surface area contributed by atoms with Crippen molar-refractivity contribution < 1.29 is 22.0 Å². The predicted octanol–water partition coefficient (Wildman–Crippen LogP) is 2.62. The summed E-state index contributed by atoms with van der Waals surface area (Å²) in [5.74, 6) is -2.50. The van der Waals surface area contributed by atoms with Gasteiger partial charge < -0.3 is 10.2 Å². The van der Waals surface area contributed by atoms with Crippen LogP contribution in [0.4, 0.5) is 14.5 Å². The van der Waals surface area contributed by atoms with E-state index in [1.165, 1.54) is 24.3 Å². The number of benzene rings is 2. The van der Waals surface area contributed by atoms with Crippen LogP contribution in [0.1, 0.15) is 17.3 Å². The number of hydrogen-bond donors (Lipinski definition) is 2. The lowest BCUT2D eigenvalue weighted by Crippen LogP contribution is -2.52. The Hall–Kier alpha value is -2.23. The van der Waals surface area contributed by atoms with Gasteiger partial charge in [0.15, 0.2) is 11.6 Å². The van der Waals surface area contributed by atoms with Crippen molar-refractivity contribution >= 4 is 34.0 Å². The Bertz CT molecular complexity index is 955. The lowest BCUT2D eigenvalue weighted by molar-refractivity contribution is 0.0656. The Kier molecular flexibility index (Phi) is 6.97. The van der Waals surface area contributed by atoms with Crippen LogP contribution in [0.3, 0.4) is 0 Å². The molecule has 152 valence electrons. The zero-order valence-corrected chi connectivity index (χ0v) is 16.6. The molecule has 1 saturated heterocycles. The van der Waals surface area contributed by atoms with Gasteiger partial charge in [0, 0.05) is 36.9 Å². The first-order chi connectivity index (χ1) is 12.8. The summed E-state index contributed by atoms with van der Waals surface area (Å²) in [5.41, 5.74) is 0.657. The van der Waals surface area contributed by atoms with Crippen molar-refractivity contribution in [2.45, 2.75) is 17.9 Å². The van der Waals surface area contributed by atoms with Crippen molar-refractivity contribution in [3.63, 3.8) is 0 Å². The van der Waals surface area contributed by atoms with Crippen molar-refractivity contribution in [1.82, 2.24) is 10.2 Å². The minimum atomic E-state index is -4.08. The van der Waals surface area contributed by atoms with Gasteiger partial charge in [-0.2, -0.15) is 0 Å². The van der Waals surface area contributed by atoms with Crippen molar-refractivity contribution in [1.29, 1.82) is 0 Å². The van der Waals surface area contributed by atoms with Crippen LogP contribution in [-0.4, -0.2) is 44.9 Å². The lowest BCUT2D eigenvalue weighted by Gasteiger charge is -2.34. The zero-order valence-electron chi connectivity index (χ0n) is 15.0. The smallest absolute Gasteiger partial charge is 0.261 e. The molecule has 1 atom stereocenters. The molecule has 3 rings (SSSR count). The van der Waals surface area contributed by atoms with Gasteiger partial charge in [-0.25, -0.2) is 17.2 Å². The number of anilines is 1. The summed E-state index contributed by atoms with van der Waals surface area (Å²) in [5, 5.41) is 3.21. The Morgan fingerprint density at radius 3 is 2.43 bits per heavy atom. The molecule has 0 radical (unpaired) electrons. The Morgan fingerprint density at radius 2 is 1.82 bits per heavy atom. The summed E-state index contributed by atoms with van der Waals surface area (Å²) < 4.78 is 53.1. The van der Waals surface area contributed by atoms with E-state index in [1.807, 2.05) is 6.92 Å². The number of nitrogens with zero attached hydrogens (tertiary/aromatic N) is 1. The summed E-state index contributed by atoms with van der Waals surface area (Å²) in [6, 6.07) is 8.37. The van der Waals surface area contributed by atoms with Crippen LogP contribution in [0.5, 0.6) is 0 Å². The number of halogens is 3. The number of carbonyl (C=O) groups excluding carboxylic acids is 1. The number of amides is 1. The molecule has 0 bridgehead atoms. The number of nitrogens with one attached hydrogen (secondary N) is 2. The summed E-state index contributed by atoms with van der Waals surface area (Å²) >= 11 is 0. The average molecular weight is 432 g/mol. The molecule has 1 aliphatic rings. The maximum atomic E-state index is 13.3. The third-order valence-electron chi connectivity index (χ3n) is 4.35. The van der Waals surface area contributed by atoms with Gasteiger partial charge in [-0.15, -0.1) is 12.4 Å². The largest absolute Gasteiger partial charge is 0.333 e. The van der Waals surface area contributed by atoms with Crippen LogP contribution in [0.2, 0.25) is 0 Å². The third kappa shape index (κ3) is 4.78. The van der Waals surface area contributed by atoms with E-state index in [4.69, 9.17) is 0 Å². The standard InChI is InChI=1S/C18H19F2N3O3S.ClH/c1-12-11-21-8-9-23(12)18(24)13-2-4-14(5-3-13)22-27(25,26)15-6-7-16(19)17(20)10-15;/h2-7,10,12,21-22H,8-9,11H2,1H3;1H. The molecule has 1 amide bonds. The highest BCUT2D eigenvalue weighted by atomic mass is 35.5. The number of sulfonamides is 1. The monoisotopic (exact) mass is 431 g/mol. The minimum absolute atomic E-state index is 0. The van der Waals surface area contributed by atoms with E-state index in [9.17, 15) is 22.0 Å². The Balaban J connectivity index is 0.00000280.